The van der Waals surface area contributed by atoms with E-state index in [0.717, 1.165) is 25.2 Å². The smallest absolute Gasteiger partial charge is 0.306 e. The van der Waals surface area contributed by atoms with Gasteiger partial charge in [-0.25, -0.2) is 0 Å². The van der Waals surface area contributed by atoms with Crippen LogP contribution in [0.4, 0.5) is 0 Å². The summed E-state index contributed by atoms with van der Waals surface area (Å²) in [5.41, 5.74) is 0. The summed E-state index contributed by atoms with van der Waals surface area (Å²) in [5, 5.41) is 0. The normalized spacial score (nSPS) is 17.1. The molecule has 0 spiro atoms. The monoisotopic (exact) mass is 254 g/mol. The molecule has 1 aliphatic rings. The molecule has 0 aliphatic heterocycles. The van der Waals surface area contributed by atoms with Crippen molar-refractivity contribution in [2.75, 3.05) is 0 Å². The molecule has 0 saturated heterocycles. The van der Waals surface area contributed by atoms with Crippen LogP contribution in [0.2, 0.25) is 0 Å². The second-order valence-corrected chi connectivity index (χ2v) is 6.10. The third-order valence-corrected chi connectivity index (χ3v) is 3.76. The number of carbonyl (C=O) groups is 1. The lowest BCUT2D eigenvalue weighted by atomic mass is 9.98. The van der Waals surface area contributed by atoms with Crippen molar-refractivity contribution in [3.8, 4) is 0 Å². The summed E-state index contributed by atoms with van der Waals surface area (Å²) in [5.74, 6) is 0.840. The molecule has 1 rings (SSSR count). The number of hydrogen-bond acceptors (Lipinski definition) is 2. The Morgan fingerprint density at radius 1 is 1.06 bits per heavy atom. The molecule has 2 nitrogen and oxygen atoms in total. The first-order valence-electron chi connectivity index (χ1n) is 7.88. The number of carbonyl (C=O) groups excluding carboxylic acids is 1. The number of rotatable bonds is 8. The highest BCUT2D eigenvalue weighted by Crippen LogP contribution is 2.21. The Labute approximate surface area is 112 Å². The van der Waals surface area contributed by atoms with E-state index in [1.54, 1.807) is 0 Å². The molecule has 0 aromatic heterocycles. The van der Waals surface area contributed by atoms with Crippen LogP contribution in [-0.4, -0.2) is 12.1 Å². The van der Waals surface area contributed by atoms with Gasteiger partial charge in [-0.15, -0.1) is 0 Å². The molecule has 1 aliphatic carbocycles. The highest BCUT2D eigenvalue weighted by molar-refractivity contribution is 5.69. The fraction of sp³-hybridized carbons (Fsp3) is 0.938. The van der Waals surface area contributed by atoms with Crippen molar-refractivity contribution in [1.82, 2.24) is 0 Å². The van der Waals surface area contributed by atoms with Gasteiger partial charge < -0.3 is 4.74 Å². The van der Waals surface area contributed by atoms with Gasteiger partial charge >= 0.3 is 5.97 Å². The molecule has 0 atom stereocenters. The zero-order valence-electron chi connectivity index (χ0n) is 12.2. The number of hydrogen-bond donors (Lipinski definition) is 0. The van der Waals surface area contributed by atoms with Gasteiger partial charge in [0.25, 0.3) is 0 Å². The standard InChI is InChI=1S/C16H30O2/c1-14(2)10-6-3-4-9-13-16(17)18-15-11-7-5-8-12-15/h14-15H,3-13H2,1-2H3. The summed E-state index contributed by atoms with van der Waals surface area (Å²) in [4.78, 5) is 11.6. The molecule has 0 N–H and O–H groups in total. The molecule has 0 radical (unpaired) electrons. The van der Waals surface area contributed by atoms with Gasteiger partial charge in [-0.2, -0.15) is 0 Å². The van der Waals surface area contributed by atoms with Crippen molar-refractivity contribution < 1.29 is 9.53 Å². The average Bonchev–Trinajstić information content (AvgIpc) is 2.34. The summed E-state index contributed by atoms with van der Waals surface area (Å²) >= 11 is 0. The van der Waals surface area contributed by atoms with Crippen LogP contribution in [0.5, 0.6) is 0 Å². The summed E-state index contributed by atoms with van der Waals surface area (Å²) in [6, 6.07) is 0. The molecule has 0 heterocycles. The van der Waals surface area contributed by atoms with E-state index in [0.29, 0.717) is 6.42 Å². The lowest BCUT2D eigenvalue weighted by molar-refractivity contribution is -0.150. The van der Waals surface area contributed by atoms with Gasteiger partial charge in [0.1, 0.15) is 6.10 Å². The van der Waals surface area contributed by atoms with E-state index in [-0.39, 0.29) is 12.1 Å². The van der Waals surface area contributed by atoms with Crippen LogP contribution < -0.4 is 0 Å². The van der Waals surface area contributed by atoms with Crippen LogP contribution in [0.3, 0.4) is 0 Å². The van der Waals surface area contributed by atoms with Gasteiger partial charge in [-0.3, -0.25) is 4.79 Å². The first-order chi connectivity index (χ1) is 8.68. The largest absolute Gasteiger partial charge is 0.462 e. The summed E-state index contributed by atoms with van der Waals surface area (Å²) in [6.45, 7) is 4.53. The Morgan fingerprint density at radius 2 is 1.72 bits per heavy atom. The highest BCUT2D eigenvalue weighted by Gasteiger charge is 2.17. The molecule has 1 saturated carbocycles. The number of esters is 1. The molecule has 18 heavy (non-hydrogen) atoms. The fourth-order valence-electron chi connectivity index (χ4n) is 2.60. The Bertz CT molecular complexity index is 217. The van der Waals surface area contributed by atoms with Crippen molar-refractivity contribution in [3.05, 3.63) is 0 Å². The first kappa shape index (κ1) is 15.5. The van der Waals surface area contributed by atoms with E-state index in [4.69, 9.17) is 4.74 Å². The zero-order chi connectivity index (χ0) is 13.2. The van der Waals surface area contributed by atoms with Gasteiger partial charge in [0.05, 0.1) is 0 Å². The maximum Gasteiger partial charge on any atom is 0.306 e. The zero-order valence-corrected chi connectivity index (χ0v) is 12.2. The lowest BCUT2D eigenvalue weighted by Crippen LogP contribution is -2.20. The van der Waals surface area contributed by atoms with Gasteiger partial charge in [-0.1, -0.05) is 46.0 Å². The molecule has 0 aromatic carbocycles. The van der Waals surface area contributed by atoms with Crippen molar-refractivity contribution in [1.29, 1.82) is 0 Å². The molecule has 0 unspecified atom stereocenters. The van der Waals surface area contributed by atoms with Crippen LogP contribution in [0.1, 0.15) is 84.5 Å². The van der Waals surface area contributed by atoms with Crippen molar-refractivity contribution in [2.45, 2.75) is 90.6 Å². The summed E-state index contributed by atoms with van der Waals surface area (Å²) < 4.78 is 5.50. The maximum atomic E-state index is 11.6. The molecule has 0 aromatic rings. The molecule has 0 bridgehead atoms. The summed E-state index contributed by atoms with van der Waals surface area (Å²) in [7, 11) is 0. The second kappa shape index (κ2) is 9.41. The Kier molecular flexibility index (Phi) is 8.11. The van der Waals surface area contributed by atoms with Crippen LogP contribution >= 0.6 is 0 Å². The topological polar surface area (TPSA) is 26.3 Å². The minimum atomic E-state index is 0.0331. The predicted molar refractivity (Wildman–Crippen MR) is 75.5 cm³/mol. The minimum Gasteiger partial charge on any atom is -0.462 e. The van der Waals surface area contributed by atoms with E-state index in [1.807, 2.05) is 0 Å². The van der Waals surface area contributed by atoms with Gasteiger partial charge in [0, 0.05) is 6.42 Å². The van der Waals surface area contributed by atoms with E-state index >= 15 is 0 Å². The number of unbranched alkanes of at least 4 members (excludes halogenated alkanes) is 3. The van der Waals surface area contributed by atoms with Crippen LogP contribution in [0.15, 0.2) is 0 Å². The summed E-state index contributed by atoms with van der Waals surface area (Å²) in [6.07, 6.45) is 12.8. The molecule has 0 amide bonds. The first-order valence-corrected chi connectivity index (χ1v) is 7.88. The molecule has 1 fully saturated rings. The minimum absolute atomic E-state index is 0.0331. The fourth-order valence-corrected chi connectivity index (χ4v) is 2.60. The van der Waals surface area contributed by atoms with E-state index < -0.39 is 0 Å². The molecular formula is C16H30O2. The van der Waals surface area contributed by atoms with Crippen molar-refractivity contribution in [3.63, 3.8) is 0 Å². The van der Waals surface area contributed by atoms with Crippen LogP contribution in [-0.2, 0) is 9.53 Å². The van der Waals surface area contributed by atoms with Crippen molar-refractivity contribution >= 4 is 5.97 Å². The predicted octanol–water partition coefficient (Wildman–Crippen LogP) is 4.86. The van der Waals surface area contributed by atoms with Gasteiger partial charge in [-0.05, 0) is 38.0 Å². The highest BCUT2D eigenvalue weighted by atomic mass is 16.5. The van der Waals surface area contributed by atoms with Gasteiger partial charge in [0.2, 0.25) is 0 Å². The average molecular weight is 254 g/mol. The van der Waals surface area contributed by atoms with Crippen molar-refractivity contribution in [2.24, 2.45) is 5.92 Å². The Hall–Kier alpha value is -0.530. The molecular weight excluding hydrogens is 224 g/mol. The van der Waals surface area contributed by atoms with Gasteiger partial charge in [0.15, 0.2) is 0 Å². The second-order valence-electron chi connectivity index (χ2n) is 6.10. The Morgan fingerprint density at radius 3 is 2.39 bits per heavy atom. The lowest BCUT2D eigenvalue weighted by Gasteiger charge is -2.21. The third-order valence-electron chi connectivity index (χ3n) is 3.76. The van der Waals surface area contributed by atoms with E-state index in [1.165, 1.54) is 44.9 Å². The number of ether oxygens (including phenoxy) is 1. The van der Waals surface area contributed by atoms with E-state index in [2.05, 4.69) is 13.8 Å². The maximum absolute atomic E-state index is 11.6. The Balaban J connectivity index is 1.93. The quantitative estimate of drug-likeness (QED) is 0.457. The molecule has 2 heteroatoms. The van der Waals surface area contributed by atoms with E-state index in [9.17, 15) is 4.79 Å². The SMILES string of the molecule is CC(C)CCCCCCC(=O)OC1CCCCC1. The molecule has 106 valence electrons. The van der Waals surface area contributed by atoms with Crippen LogP contribution in [0, 0.1) is 5.92 Å². The van der Waals surface area contributed by atoms with Crippen LogP contribution in [0.25, 0.3) is 0 Å². The third kappa shape index (κ3) is 7.73.